The molecule has 122 valence electrons. The number of aryl methyl sites for hydroxylation is 1. The predicted molar refractivity (Wildman–Crippen MR) is 90.0 cm³/mol. The third-order valence-electron chi connectivity index (χ3n) is 4.25. The zero-order valence-electron chi connectivity index (χ0n) is 13.6. The van der Waals surface area contributed by atoms with E-state index in [2.05, 4.69) is 18.3 Å². The lowest BCUT2D eigenvalue weighted by molar-refractivity contribution is -0.101. The van der Waals surface area contributed by atoms with Crippen molar-refractivity contribution in [1.29, 1.82) is 0 Å². The highest BCUT2D eigenvalue weighted by atomic mass is 16.5. The Kier molecular flexibility index (Phi) is 4.55. The SMILES string of the molecule is CCc1ccccc1OC1c2ccccc2OCC1(O)CNC. The number of hydrogen-bond donors (Lipinski definition) is 2. The molecule has 0 amide bonds. The second-order valence-corrected chi connectivity index (χ2v) is 5.92. The van der Waals surface area contributed by atoms with Gasteiger partial charge < -0.3 is 19.9 Å². The number of fused-ring (bicyclic) bond motifs is 1. The number of nitrogens with one attached hydrogen (secondary N) is 1. The van der Waals surface area contributed by atoms with E-state index in [1.54, 1.807) is 0 Å². The number of ether oxygens (including phenoxy) is 2. The van der Waals surface area contributed by atoms with Crippen LogP contribution in [0.15, 0.2) is 48.5 Å². The lowest BCUT2D eigenvalue weighted by atomic mass is 9.88. The van der Waals surface area contributed by atoms with Gasteiger partial charge in [0.25, 0.3) is 0 Å². The molecule has 2 aromatic rings. The van der Waals surface area contributed by atoms with Crippen LogP contribution in [-0.4, -0.2) is 30.9 Å². The van der Waals surface area contributed by atoms with E-state index in [0.29, 0.717) is 6.54 Å². The summed E-state index contributed by atoms with van der Waals surface area (Å²) >= 11 is 0. The minimum Gasteiger partial charge on any atom is -0.490 e. The molecule has 2 unspecified atom stereocenters. The van der Waals surface area contributed by atoms with Crippen LogP contribution in [0.3, 0.4) is 0 Å². The predicted octanol–water partition coefficient (Wildman–Crippen LogP) is 2.71. The average Bonchev–Trinajstić information content (AvgIpc) is 2.58. The van der Waals surface area contributed by atoms with Gasteiger partial charge >= 0.3 is 0 Å². The van der Waals surface area contributed by atoms with Crippen LogP contribution in [0.4, 0.5) is 0 Å². The minimum atomic E-state index is -1.12. The van der Waals surface area contributed by atoms with Gasteiger partial charge in [-0.3, -0.25) is 0 Å². The Morgan fingerprint density at radius 2 is 1.96 bits per heavy atom. The molecule has 1 aliphatic rings. The van der Waals surface area contributed by atoms with Gasteiger partial charge in [-0.2, -0.15) is 0 Å². The molecule has 23 heavy (non-hydrogen) atoms. The first-order valence-electron chi connectivity index (χ1n) is 8.01. The van der Waals surface area contributed by atoms with Crippen molar-refractivity contribution in [3.8, 4) is 11.5 Å². The number of para-hydroxylation sites is 2. The highest BCUT2D eigenvalue weighted by Gasteiger charge is 2.45. The summed E-state index contributed by atoms with van der Waals surface area (Å²) in [5.74, 6) is 1.58. The van der Waals surface area contributed by atoms with Crippen LogP contribution in [-0.2, 0) is 6.42 Å². The summed E-state index contributed by atoms with van der Waals surface area (Å²) in [5.41, 5.74) is 0.884. The van der Waals surface area contributed by atoms with Crippen LogP contribution < -0.4 is 14.8 Å². The standard InChI is InChI=1S/C19H23NO3/c1-3-14-8-4-6-10-16(14)23-18-15-9-5-7-11-17(15)22-13-19(18,21)12-20-2/h4-11,18,20-21H,3,12-13H2,1-2H3. The van der Waals surface area contributed by atoms with Crippen molar-refractivity contribution in [2.45, 2.75) is 25.0 Å². The Morgan fingerprint density at radius 3 is 2.74 bits per heavy atom. The van der Waals surface area contributed by atoms with E-state index in [-0.39, 0.29) is 6.61 Å². The smallest absolute Gasteiger partial charge is 0.160 e. The normalized spacial score (nSPS) is 23.0. The maximum absolute atomic E-state index is 11.1. The molecular formula is C19H23NO3. The van der Waals surface area contributed by atoms with Gasteiger partial charge in [0.2, 0.25) is 0 Å². The molecule has 0 aromatic heterocycles. The van der Waals surface area contributed by atoms with E-state index >= 15 is 0 Å². The van der Waals surface area contributed by atoms with Gasteiger partial charge in [0.05, 0.1) is 0 Å². The summed E-state index contributed by atoms with van der Waals surface area (Å²) in [6.07, 6.45) is 0.401. The monoisotopic (exact) mass is 313 g/mol. The molecule has 0 saturated carbocycles. The van der Waals surface area contributed by atoms with Crippen LogP contribution in [0.5, 0.6) is 11.5 Å². The zero-order valence-corrected chi connectivity index (χ0v) is 13.6. The number of aliphatic hydroxyl groups is 1. The quantitative estimate of drug-likeness (QED) is 0.891. The van der Waals surface area contributed by atoms with E-state index < -0.39 is 11.7 Å². The van der Waals surface area contributed by atoms with Gasteiger partial charge in [-0.1, -0.05) is 43.3 Å². The van der Waals surface area contributed by atoms with Gasteiger partial charge in [-0.25, -0.2) is 0 Å². The summed E-state index contributed by atoms with van der Waals surface area (Å²) in [7, 11) is 1.82. The third kappa shape index (κ3) is 3.05. The van der Waals surface area contributed by atoms with Crippen molar-refractivity contribution in [2.75, 3.05) is 20.2 Å². The molecule has 4 heteroatoms. The Balaban J connectivity index is 2.01. The Hall–Kier alpha value is -2.04. The fourth-order valence-electron chi connectivity index (χ4n) is 3.06. The molecule has 0 radical (unpaired) electrons. The second-order valence-electron chi connectivity index (χ2n) is 5.92. The van der Waals surface area contributed by atoms with Crippen molar-refractivity contribution in [1.82, 2.24) is 5.32 Å². The summed E-state index contributed by atoms with van der Waals surface area (Å²) in [4.78, 5) is 0. The van der Waals surface area contributed by atoms with Crippen molar-refractivity contribution < 1.29 is 14.6 Å². The van der Waals surface area contributed by atoms with Crippen molar-refractivity contribution in [2.24, 2.45) is 0 Å². The number of likely N-dealkylation sites (N-methyl/N-ethyl adjacent to an activating group) is 1. The Bertz CT molecular complexity index is 673. The Labute approximate surface area is 137 Å². The molecule has 2 atom stereocenters. The third-order valence-corrected chi connectivity index (χ3v) is 4.25. The zero-order chi connectivity index (χ0) is 16.3. The summed E-state index contributed by atoms with van der Waals surface area (Å²) in [6.45, 7) is 2.68. The first-order valence-corrected chi connectivity index (χ1v) is 8.01. The Morgan fingerprint density at radius 1 is 1.22 bits per heavy atom. The van der Waals surface area contributed by atoms with Gasteiger partial charge in [0, 0.05) is 12.1 Å². The fraction of sp³-hybridized carbons (Fsp3) is 0.368. The van der Waals surface area contributed by atoms with Gasteiger partial charge in [0.15, 0.2) is 11.7 Å². The van der Waals surface area contributed by atoms with E-state index in [1.165, 1.54) is 0 Å². The van der Waals surface area contributed by atoms with E-state index in [4.69, 9.17) is 9.47 Å². The molecule has 0 saturated heterocycles. The van der Waals surface area contributed by atoms with Gasteiger partial charge in [-0.15, -0.1) is 0 Å². The lowest BCUT2D eigenvalue weighted by Crippen LogP contribution is -2.53. The molecule has 1 aliphatic heterocycles. The summed E-state index contributed by atoms with van der Waals surface area (Å²) in [5, 5.41) is 14.1. The molecule has 1 heterocycles. The molecule has 2 N–H and O–H groups in total. The van der Waals surface area contributed by atoms with Crippen molar-refractivity contribution in [3.05, 3.63) is 59.7 Å². The van der Waals surface area contributed by atoms with Crippen LogP contribution in [0, 0.1) is 0 Å². The molecule has 0 bridgehead atoms. The summed E-state index contributed by atoms with van der Waals surface area (Å²) < 4.78 is 12.0. The lowest BCUT2D eigenvalue weighted by Gasteiger charge is -2.40. The highest BCUT2D eigenvalue weighted by molar-refractivity contribution is 5.41. The average molecular weight is 313 g/mol. The van der Waals surface area contributed by atoms with Crippen LogP contribution in [0.2, 0.25) is 0 Å². The maximum Gasteiger partial charge on any atom is 0.160 e. The summed E-state index contributed by atoms with van der Waals surface area (Å²) in [6, 6.07) is 15.7. The molecule has 0 aliphatic carbocycles. The second kappa shape index (κ2) is 6.60. The van der Waals surface area contributed by atoms with Crippen molar-refractivity contribution >= 4 is 0 Å². The maximum atomic E-state index is 11.1. The van der Waals surface area contributed by atoms with Gasteiger partial charge in [-0.05, 0) is 31.2 Å². The molecule has 4 nitrogen and oxygen atoms in total. The molecule has 2 aromatic carbocycles. The van der Waals surface area contributed by atoms with Gasteiger partial charge in [0.1, 0.15) is 18.1 Å². The minimum absolute atomic E-state index is 0.198. The molecular weight excluding hydrogens is 290 g/mol. The van der Waals surface area contributed by atoms with E-state index in [1.807, 2.05) is 49.5 Å². The van der Waals surface area contributed by atoms with E-state index in [0.717, 1.165) is 29.0 Å². The number of benzene rings is 2. The molecule has 0 spiro atoms. The van der Waals surface area contributed by atoms with Crippen LogP contribution in [0.25, 0.3) is 0 Å². The molecule has 0 fully saturated rings. The fourth-order valence-corrected chi connectivity index (χ4v) is 3.06. The first kappa shape index (κ1) is 15.8. The van der Waals surface area contributed by atoms with E-state index in [9.17, 15) is 5.11 Å². The molecule has 3 rings (SSSR count). The topological polar surface area (TPSA) is 50.7 Å². The number of hydrogen-bond acceptors (Lipinski definition) is 4. The van der Waals surface area contributed by atoms with Crippen molar-refractivity contribution in [3.63, 3.8) is 0 Å². The van der Waals surface area contributed by atoms with Crippen LogP contribution >= 0.6 is 0 Å². The largest absolute Gasteiger partial charge is 0.490 e. The van der Waals surface area contributed by atoms with Crippen LogP contribution in [0.1, 0.15) is 24.2 Å². The first-order chi connectivity index (χ1) is 11.2. The highest BCUT2D eigenvalue weighted by Crippen LogP contribution is 2.41. The number of rotatable bonds is 5.